The van der Waals surface area contributed by atoms with Gasteiger partial charge in [-0.15, -0.1) is 0 Å². The van der Waals surface area contributed by atoms with Crippen LogP contribution in [0.1, 0.15) is 6.42 Å². The number of amides is 2. The van der Waals surface area contributed by atoms with Gasteiger partial charge >= 0.3 is 6.41 Å². The Kier molecular flexibility index (Phi) is 1.15. The van der Waals surface area contributed by atoms with Crippen LogP contribution in [-0.2, 0) is 9.59 Å². The molecule has 4 nitrogen and oxygen atoms in total. The molecule has 4 heteroatoms. The Morgan fingerprint density at radius 2 is 2.50 bits per heavy atom. The fourth-order valence-corrected chi connectivity index (χ4v) is 0.544. The second-order valence-electron chi connectivity index (χ2n) is 1.53. The lowest BCUT2D eigenvalue weighted by molar-refractivity contribution is -0.120. The van der Waals surface area contributed by atoms with Gasteiger partial charge in [-0.05, 0) is 0 Å². The van der Waals surface area contributed by atoms with E-state index in [-0.39, 0.29) is 5.91 Å². The van der Waals surface area contributed by atoms with Crippen LogP contribution >= 0.6 is 0 Å². The summed E-state index contributed by atoms with van der Waals surface area (Å²) in [4.78, 5) is 20.0. The van der Waals surface area contributed by atoms with Crippen molar-refractivity contribution in [2.75, 3.05) is 6.54 Å². The van der Waals surface area contributed by atoms with Gasteiger partial charge in [0.1, 0.15) is 0 Å². The van der Waals surface area contributed by atoms with Crippen molar-refractivity contribution in [1.29, 1.82) is 0 Å². The maximum Gasteiger partial charge on any atom is 0.332 e. The largest absolute Gasteiger partial charge is 0.332 e. The highest BCUT2D eigenvalue weighted by atomic mass is 16.2. The van der Waals surface area contributed by atoms with E-state index in [0.29, 0.717) is 13.0 Å². The molecule has 1 saturated heterocycles. The van der Waals surface area contributed by atoms with Crippen LogP contribution in [0.15, 0.2) is 0 Å². The van der Waals surface area contributed by atoms with Crippen molar-refractivity contribution in [3.63, 3.8) is 0 Å². The quantitative estimate of drug-likeness (QED) is 0.464. The lowest BCUT2D eigenvalue weighted by Gasteiger charge is -2.02. The lowest BCUT2D eigenvalue weighted by atomic mass is 10.4. The fourth-order valence-electron chi connectivity index (χ4n) is 0.544. The molecule has 0 aromatic carbocycles. The highest BCUT2D eigenvalue weighted by Crippen LogP contribution is 1.92. The molecule has 1 fully saturated rings. The smallest absolute Gasteiger partial charge is 0.273 e. The van der Waals surface area contributed by atoms with E-state index in [1.54, 1.807) is 6.41 Å². The first kappa shape index (κ1) is 5.08. The Morgan fingerprint density at radius 3 is 2.75 bits per heavy atom. The minimum absolute atomic E-state index is 0.117. The van der Waals surface area contributed by atoms with Gasteiger partial charge in [0.25, 0.3) is 0 Å². The monoisotopic (exact) mass is 113 g/mol. The summed E-state index contributed by atoms with van der Waals surface area (Å²) >= 11 is 0. The topological polar surface area (TPSA) is 49.4 Å². The molecule has 0 bridgehead atoms. The molecule has 2 amide bonds. The molecule has 0 spiro atoms. The molecule has 0 saturated carbocycles. The third-order valence-electron chi connectivity index (χ3n) is 0.932. The van der Waals surface area contributed by atoms with Crippen molar-refractivity contribution in [3.05, 3.63) is 0 Å². The predicted octanol–water partition coefficient (Wildman–Crippen LogP) is -1.21. The summed E-state index contributed by atoms with van der Waals surface area (Å²) in [5.74, 6) is -0.117. The Bertz CT molecular complexity index is 123. The third kappa shape index (κ3) is 0.776. The molecule has 1 aliphatic heterocycles. The second-order valence-corrected chi connectivity index (χ2v) is 1.53. The molecule has 1 rings (SSSR count). The van der Waals surface area contributed by atoms with Crippen LogP contribution < -0.4 is 5.43 Å². The molecular formula is C4H5N2O2. The van der Waals surface area contributed by atoms with Crippen LogP contribution in [0.4, 0.5) is 0 Å². The predicted molar refractivity (Wildman–Crippen MR) is 25.2 cm³/mol. The standard InChI is InChI=1S/C4H5N2O2/c7-3-6-2-1-4(8)5-6/h1-2H2,(H,5,8). The van der Waals surface area contributed by atoms with Crippen LogP contribution in [0.5, 0.6) is 0 Å². The van der Waals surface area contributed by atoms with E-state index in [0.717, 1.165) is 5.01 Å². The van der Waals surface area contributed by atoms with Crippen LogP contribution in [-0.4, -0.2) is 23.9 Å². The molecule has 1 radical (unpaired) electrons. The Balaban J connectivity index is 2.43. The molecule has 0 atom stereocenters. The number of nitrogens with one attached hydrogen (secondary N) is 1. The maximum absolute atomic E-state index is 10.3. The van der Waals surface area contributed by atoms with Crippen molar-refractivity contribution < 1.29 is 9.59 Å². The van der Waals surface area contributed by atoms with Crippen molar-refractivity contribution in [1.82, 2.24) is 10.4 Å². The van der Waals surface area contributed by atoms with Crippen LogP contribution in [0.3, 0.4) is 0 Å². The van der Waals surface area contributed by atoms with E-state index in [1.807, 2.05) is 0 Å². The number of hydrazine groups is 1. The average Bonchev–Trinajstić information content (AvgIpc) is 2.14. The van der Waals surface area contributed by atoms with Gasteiger partial charge in [0, 0.05) is 6.42 Å². The molecule has 43 valence electrons. The Hall–Kier alpha value is -1.06. The summed E-state index contributed by atoms with van der Waals surface area (Å²) in [6.45, 7) is 0.447. The number of hydrogen-bond donors (Lipinski definition) is 1. The van der Waals surface area contributed by atoms with E-state index in [4.69, 9.17) is 0 Å². The van der Waals surface area contributed by atoms with Gasteiger partial charge in [-0.2, -0.15) is 0 Å². The maximum atomic E-state index is 10.3. The first-order valence-electron chi connectivity index (χ1n) is 2.28. The second kappa shape index (κ2) is 1.81. The number of carbonyl (C=O) groups is 1. The average molecular weight is 113 g/mol. The molecule has 1 heterocycles. The van der Waals surface area contributed by atoms with Crippen molar-refractivity contribution in [3.8, 4) is 0 Å². The van der Waals surface area contributed by atoms with E-state index in [2.05, 4.69) is 5.43 Å². The first-order valence-corrected chi connectivity index (χ1v) is 2.28. The normalized spacial score (nSPS) is 18.5. The fraction of sp³-hybridized carbons (Fsp3) is 0.500. The molecule has 0 aliphatic carbocycles. The summed E-state index contributed by atoms with van der Waals surface area (Å²) in [7, 11) is 0. The molecular weight excluding hydrogens is 108 g/mol. The van der Waals surface area contributed by atoms with Crippen molar-refractivity contribution >= 4 is 12.3 Å². The zero-order valence-corrected chi connectivity index (χ0v) is 4.18. The minimum atomic E-state index is -0.117. The van der Waals surface area contributed by atoms with Gasteiger partial charge in [-0.1, -0.05) is 0 Å². The molecule has 0 unspecified atom stereocenters. The SMILES string of the molecule is O=[C]N1CCC(=O)N1. The first-order chi connectivity index (χ1) is 3.83. The molecule has 0 aromatic heterocycles. The number of nitrogens with zero attached hydrogens (tertiary/aromatic N) is 1. The highest BCUT2D eigenvalue weighted by Gasteiger charge is 2.15. The van der Waals surface area contributed by atoms with Gasteiger partial charge < -0.3 is 0 Å². The highest BCUT2D eigenvalue weighted by molar-refractivity contribution is 5.79. The van der Waals surface area contributed by atoms with Gasteiger partial charge in [-0.3, -0.25) is 15.0 Å². The van der Waals surface area contributed by atoms with E-state index in [9.17, 15) is 9.59 Å². The number of hydrogen-bond acceptors (Lipinski definition) is 2. The molecule has 8 heavy (non-hydrogen) atoms. The third-order valence-corrected chi connectivity index (χ3v) is 0.932. The molecule has 1 aliphatic rings. The van der Waals surface area contributed by atoms with Gasteiger partial charge in [0.15, 0.2) is 0 Å². The number of rotatable bonds is 1. The summed E-state index contributed by atoms with van der Waals surface area (Å²) in [5, 5.41) is 1.10. The summed E-state index contributed by atoms with van der Waals surface area (Å²) in [6.07, 6.45) is 1.94. The van der Waals surface area contributed by atoms with E-state index < -0.39 is 0 Å². The minimum Gasteiger partial charge on any atom is -0.273 e. The van der Waals surface area contributed by atoms with Crippen LogP contribution in [0.25, 0.3) is 0 Å². The van der Waals surface area contributed by atoms with Crippen molar-refractivity contribution in [2.24, 2.45) is 0 Å². The molecule has 1 N–H and O–H groups in total. The van der Waals surface area contributed by atoms with Gasteiger partial charge in [-0.25, -0.2) is 5.01 Å². The van der Waals surface area contributed by atoms with Gasteiger partial charge in [0.2, 0.25) is 5.91 Å². The van der Waals surface area contributed by atoms with Crippen molar-refractivity contribution in [2.45, 2.75) is 6.42 Å². The summed E-state index contributed by atoms with van der Waals surface area (Å²) in [5.41, 5.74) is 2.27. The summed E-state index contributed by atoms with van der Waals surface area (Å²) < 4.78 is 0. The summed E-state index contributed by atoms with van der Waals surface area (Å²) in [6, 6.07) is 0. The zero-order chi connectivity index (χ0) is 5.98. The van der Waals surface area contributed by atoms with Crippen LogP contribution in [0.2, 0.25) is 0 Å². The molecule has 0 aromatic rings. The Morgan fingerprint density at radius 1 is 1.75 bits per heavy atom. The van der Waals surface area contributed by atoms with E-state index in [1.165, 1.54) is 0 Å². The van der Waals surface area contributed by atoms with E-state index >= 15 is 0 Å². The lowest BCUT2D eigenvalue weighted by Crippen LogP contribution is -2.31. The number of carbonyl (C=O) groups excluding carboxylic acids is 2. The zero-order valence-electron chi connectivity index (χ0n) is 4.18. The Labute approximate surface area is 46.4 Å². The van der Waals surface area contributed by atoms with Gasteiger partial charge in [0.05, 0.1) is 6.54 Å². The van der Waals surface area contributed by atoms with Crippen LogP contribution in [0, 0.1) is 0 Å².